The monoisotopic (exact) mass is 339 g/mol. The van der Waals surface area contributed by atoms with Crippen molar-refractivity contribution in [3.63, 3.8) is 0 Å². The number of carbonyl (C=O) groups excluding carboxylic acids is 2. The molecule has 0 atom stereocenters. The summed E-state index contributed by atoms with van der Waals surface area (Å²) < 4.78 is 6.55. The molecule has 2 heterocycles. The van der Waals surface area contributed by atoms with Crippen molar-refractivity contribution < 1.29 is 14.1 Å². The van der Waals surface area contributed by atoms with Gasteiger partial charge in [0.25, 0.3) is 0 Å². The molecule has 0 fully saturated rings. The maximum Gasteiger partial charge on any atom is 0.314 e. The van der Waals surface area contributed by atoms with Crippen molar-refractivity contribution in [3.8, 4) is 11.1 Å². The molecular weight excluding hydrogens is 322 g/mol. The SMILES string of the molecule is Cc1cc(NC(=O)C(=O)NCc2cccc(-c3cnn(C)c3)c2)no1. The van der Waals surface area contributed by atoms with Crippen LogP contribution in [0.3, 0.4) is 0 Å². The van der Waals surface area contributed by atoms with Gasteiger partial charge in [0.15, 0.2) is 5.82 Å². The van der Waals surface area contributed by atoms with Gasteiger partial charge in [-0.25, -0.2) is 0 Å². The van der Waals surface area contributed by atoms with Crippen molar-refractivity contribution in [1.82, 2.24) is 20.3 Å². The van der Waals surface area contributed by atoms with Crippen LogP contribution in [-0.2, 0) is 23.2 Å². The van der Waals surface area contributed by atoms with E-state index in [4.69, 9.17) is 4.52 Å². The average molecular weight is 339 g/mol. The van der Waals surface area contributed by atoms with Gasteiger partial charge in [-0.3, -0.25) is 19.6 Å². The highest BCUT2D eigenvalue weighted by Gasteiger charge is 2.15. The molecule has 0 radical (unpaired) electrons. The second kappa shape index (κ2) is 7.00. The zero-order chi connectivity index (χ0) is 17.8. The summed E-state index contributed by atoms with van der Waals surface area (Å²) in [7, 11) is 1.85. The number of rotatable bonds is 4. The molecule has 2 aromatic heterocycles. The first-order valence-electron chi connectivity index (χ1n) is 7.62. The molecule has 0 bridgehead atoms. The molecule has 8 nitrogen and oxygen atoms in total. The van der Waals surface area contributed by atoms with Gasteiger partial charge in [0.1, 0.15) is 5.76 Å². The molecule has 0 spiro atoms. The molecule has 0 unspecified atom stereocenters. The zero-order valence-corrected chi connectivity index (χ0v) is 13.8. The fourth-order valence-electron chi connectivity index (χ4n) is 2.29. The molecule has 1 aromatic carbocycles. The number of aryl methyl sites for hydroxylation is 2. The number of nitrogens with one attached hydrogen (secondary N) is 2. The summed E-state index contributed by atoms with van der Waals surface area (Å²) >= 11 is 0. The van der Waals surface area contributed by atoms with E-state index < -0.39 is 11.8 Å². The second-order valence-electron chi connectivity index (χ2n) is 5.56. The molecule has 0 aliphatic carbocycles. The molecule has 3 aromatic rings. The molecule has 128 valence electrons. The van der Waals surface area contributed by atoms with E-state index in [1.54, 1.807) is 17.8 Å². The molecule has 0 aliphatic rings. The summed E-state index contributed by atoms with van der Waals surface area (Å²) in [6.07, 6.45) is 3.68. The number of carbonyl (C=O) groups is 2. The lowest BCUT2D eigenvalue weighted by molar-refractivity contribution is -0.136. The normalized spacial score (nSPS) is 10.5. The van der Waals surface area contributed by atoms with Crippen molar-refractivity contribution >= 4 is 17.6 Å². The number of anilines is 1. The van der Waals surface area contributed by atoms with Gasteiger partial charge < -0.3 is 9.84 Å². The first-order valence-corrected chi connectivity index (χ1v) is 7.62. The van der Waals surface area contributed by atoms with Crippen molar-refractivity contribution in [2.45, 2.75) is 13.5 Å². The van der Waals surface area contributed by atoms with Crippen molar-refractivity contribution in [2.24, 2.45) is 7.05 Å². The Morgan fingerprint density at radius 3 is 2.72 bits per heavy atom. The largest absolute Gasteiger partial charge is 0.360 e. The Morgan fingerprint density at radius 2 is 2.04 bits per heavy atom. The predicted molar refractivity (Wildman–Crippen MR) is 90.4 cm³/mol. The standard InChI is InChI=1S/C17H17N5O3/c1-11-6-15(21-25-11)20-17(24)16(23)18-8-12-4-3-5-13(7-12)14-9-19-22(2)10-14/h3-7,9-10H,8H2,1-2H3,(H,18,23)(H,20,21,24). The van der Waals surface area contributed by atoms with Crippen LogP contribution in [-0.4, -0.2) is 26.8 Å². The Hall–Kier alpha value is -3.42. The predicted octanol–water partition coefficient (Wildman–Crippen LogP) is 1.64. The third kappa shape index (κ3) is 4.11. The Labute approximate surface area is 143 Å². The Kier molecular flexibility index (Phi) is 4.60. The van der Waals surface area contributed by atoms with Gasteiger partial charge in [-0.15, -0.1) is 0 Å². The molecule has 3 rings (SSSR count). The second-order valence-corrected chi connectivity index (χ2v) is 5.56. The topological polar surface area (TPSA) is 102 Å². The van der Waals surface area contributed by atoms with Crippen LogP contribution in [0.5, 0.6) is 0 Å². The summed E-state index contributed by atoms with van der Waals surface area (Å²) in [5.74, 6) is -0.789. The van der Waals surface area contributed by atoms with Gasteiger partial charge in [0.2, 0.25) is 0 Å². The van der Waals surface area contributed by atoms with Crippen LogP contribution in [0.2, 0.25) is 0 Å². The van der Waals surface area contributed by atoms with Gasteiger partial charge in [-0.05, 0) is 24.1 Å². The Bertz CT molecular complexity index is 912. The van der Waals surface area contributed by atoms with Crippen LogP contribution < -0.4 is 10.6 Å². The summed E-state index contributed by atoms with van der Waals surface area (Å²) in [6.45, 7) is 1.93. The van der Waals surface area contributed by atoms with Gasteiger partial charge in [-0.2, -0.15) is 5.10 Å². The highest BCUT2D eigenvalue weighted by Crippen LogP contribution is 2.19. The molecular formula is C17H17N5O3. The van der Waals surface area contributed by atoms with Crippen LogP contribution in [0.1, 0.15) is 11.3 Å². The fourth-order valence-corrected chi connectivity index (χ4v) is 2.29. The summed E-state index contributed by atoms with van der Waals surface area (Å²) in [5.41, 5.74) is 2.84. The van der Waals surface area contributed by atoms with E-state index >= 15 is 0 Å². The first kappa shape index (κ1) is 16.4. The molecule has 8 heteroatoms. The highest BCUT2D eigenvalue weighted by atomic mass is 16.5. The summed E-state index contributed by atoms with van der Waals surface area (Å²) in [6, 6.07) is 9.20. The quantitative estimate of drug-likeness (QED) is 0.704. The smallest absolute Gasteiger partial charge is 0.314 e. The number of nitrogens with zero attached hydrogens (tertiary/aromatic N) is 3. The van der Waals surface area contributed by atoms with Gasteiger partial charge in [0.05, 0.1) is 6.20 Å². The fraction of sp³-hybridized carbons (Fsp3) is 0.176. The Balaban J connectivity index is 1.59. The van der Waals surface area contributed by atoms with Crippen LogP contribution in [0.15, 0.2) is 47.2 Å². The maximum absolute atomic E-state index is 11.9. The average Bonchev–Trinajstić information content (AvgIpc) is 3.21. The molecule has 2 N–H and O–H groups in total. The van der Waals surface area contributed by atoms with Crippen LogP contribution >= 0.6 is 0 Å². The molecule has 25 heavy (non-hydrogen) atoms. The van der Waals surface area contributed by atoms with Crippen molar-refractivity contribution in [3.05, 3.63) is 54.0 Å². The van der Waals surface area contributed by atoms with Gasteiger partial charge in [0, 0.05) is 31.4 Å². The molecule has 0 aliphatic heterocycles. The summed E-state index contributed by atoms with van der Waals surface area (Å²) in [5, 5.41) is 12.7. The summed E-state index contributed by atoms with van der Waals surface area (Å²) in [4.78, 5) is 23.7. The van der Waals surface area contributed by atoms with Gasteiger partial charge in [-0.1, -0.05) is 23.4 Å². The van der Waals surface area contributed by atoms with Crippen molar-refractivity contribution in [2.75, 3.05) is 5.32 Å². The van der Waals surface area contributed by atoms with E-state index in [0.717, 1.165) is 16.7 Å². The third-order valence-corrected chi connectivity index (χ3v) is 3.49. The number of aromatic nitrogens is 3. The van der Waals surface area contributed by atoms with E-state index in [1.807, 2.05) is 37.5 Å². The van der Waals surface area contributed by atoms with Crippen LogP contribution in [0.4, 0.5) is 5.82 Å². The molecule has 0 saturated heterocycles. The highest BCUT2D eigenvalue weighted by molar-refractivity contribution is 6.39. The van der Waals surface area contributed by atoms with E-state index in [2.05, 4.69) is 20.9 Å². The first-order chi connectivity index (χ1) is 12.0. The van der Waals surface area contributed by atoms with Crippen molar-refractivity contribution in [1.29, 1.82) is 0 Å². The lowest BCUT2D eigenvalue weighted by Crippen LogP contribution is -2.35. The minimum atomic E-state index is -0.795. The van der Waals surface area contributed by atoms with E-state index in [9.17, 15) is 9.59 Å². The van der Waals surface area contributed by atoms with E-state index in [-0.39, 0.29) is 12.4 Å². The Morgan fingerprint density at radius 1 is 1.20 bits per heavy atom. The van der Waals surface area contributed by atoms with Crippen LogP contribution in [0.25, 0.3) is 11.1 Å². The maximum atomic E-state index is 11.9. The molecule has 2 amide bonds. The third-order valence-electron chi connectivity index (χ3n) is 3.49. The zero-order valence-electron chi connectivity index (χ0n) is 13.8. The van der Waals surface area contributed by atoms with Gasteiger partial charge >= 0.3 is 11.8 Å². The molecule has 0 saturated carbocycles. The minimum absolute atomic E-state index is 0.205. The van der Waals surface area contributed by atoms with Crippen LogP contribution in [0, 0.1) is 6.92 Å². The number of hydrogen-bond donors (Lipinski definition) is 2. The minimum Gasteiger partial charge on any atom is -0.360 e. The number of benzene rings is 1. The number of amides is 2. The number of hydrogen-bond acceptors (Lipinski definition) is 5. The van der Waals surface area contributed by atoms with E-state index in [0.29, 0.717) is 5.76 Å². The van der Waals surface area contributed by atoms with E-state index in [1.165, 1.54) is 6.07 Å². The lowest BCUT2D eigenvalue weighted by Gasteiger charge is -2.06. The lowest BCUT2D eigenvalue weighted by atomic mass is 10.1.